The summed E-state index contributed by atoms with van der Waals surface area (Å²) >= 11 is 0. The molecule has 1 unspecified atom stereocenters. The molecular formula is C13H22N4O3S. The van der Waals surface area contributed by atoms with Crippen LogP contribution in [0.5, 0.6) is 0 Å². The molecule has 1 N–H and O–H groups in total. The lowest BCUT2D eigenvalue weighted by atomic mass is 9.99. The normalized spacial score (nSPS) is 19.7. The Morgan fingerprint density at radius 3 is 2.86 bits per heavy atom. The van der Waals surface area contributed by atoms with Crippen LogP contribution in [0.25, 0.3) is 0 Å². The van der Waals surface area contributed by atoms with E-state index in [-0.39, 0.29) is 24.2 Å². The van der Waals surface area contributed by atoms with Gasteiger partial charge in [-0.2, -0.15) is 5.10 Å². The average molecular weight is 314 g/mol. The number of nitrogens with one attached hydrogen (secondary N) is 1. The number of carbonyl (C=O) groups is 1. The predicted octanol–water partition coefficient (Wildman–Crippen LogP) is 0.413. The second-order valence-corrected chi connectivity index (χ2v) is 7.30. The maximum atomic E-state index is 12.3. The second-order valence-electron chi connectivity index (χ2n) is 5.20. The van der Waals surface area contributed by atoms with Crippen LogP contribution in [-0.4, -0.2) is 47.8 Å². The van der Waals surface area contributed by atoms with Crippen molar-refractivity contribution in [2.45, 2.75) is 32.2 Å². The summed E-state index contributed by atoms with van der Waals surface area (Å²) in [6, 6.07) is 1.89. The number of rotatable bonds is 5. The molecule has 1 atom stereocenters. The highest BCUT2D eigenvalue weighted by molar-refractivity contribution is 7.89. The van der Waals surface area contributed by atoms with Crippen molar-refractivity contribution in [2.24, 2.45) is 7.05 Å². The summed E-state index contributed by atoms with van der Waals surface area (Å²) < 4.78 is 27.0. The first kappa shape index (κ1) is 16.0. The molecule has 1 aromatic rings. The Bertz CT molecular complexity index is 596. The predicted molar refractivity (Wildman–Crippen MR) is 79.0 cm³/mol. The van der Waals surface area contributed by atoms with Gasteiger partial charge in [-0.15, -0.1) is 0 Å². The molecule has 1 aliphatic heterocycles. The number of amides is 1. The largest absolute Gasteiger partial charge is 0.333 e. The van der Waals surface area contributed by atoms with Gasteiger partial charge in [0.1, 0.15) is 0 Å². The van der Waals surface area contributed by atoms with Gasteiger partial charge in [-0.25, -0.2) is 13.1 Å². The number of carbonyl (C=O) groups excluding carboxylic acids is 1. The summed E-state index contributed by atoms with van der Waals surface area (Å²) in [6.07, 6.45) is 4.60. The third kappa shape index (κ3) is 3.82. The average Bonchev–Trinajstić information content (AvgIpc) is 2.91. The highest BCUT2D eigenvalue weighted by Gasteiger charge is 2.29. The molecule has 1 fully saturated rings. The van der Waals surface area contributed by atoms with Crippen LogP contribution < -0.4 is 4.72 Å². The van der Waals surface area contributed by atoms with Crippen LogP contribution >= 0.6 is 0 Å². The van der Waals surface area contributed by atoms with Crippen molar-refractivity contribution in [3.05, 3.63) is 18.0 Å². The van der Waals surface area contributed by atoms with E-state index >= 15 is 0 Å². The Labute approximate surface area is 125 Å². The molecule has 0 saturated carbocycles. The standard InChI is InChI=1S/C13H22N4O3S/c1-3-21(19,20)15-10-13(18)17-9-5-4-6-12(17)11-7-8-14-16(11)2/h7-8,12,15H,3-6,9-10H2,1-2H3. The molecule has 0 aromatic carbocycles. The van der Waals surface area contributed by atoms with Crippen molar-refractivity contribution in [1.29, 1.82) is 0 Å². The summed E-state index contributed by atoms with van der Waals surface area (Å²) in [6.45, 7) is 2.03. The van der Waals surface area contributed by atoms with E-state index in [1.165, 1.54) is 0 Å². The third-order valence-electron chi connectivity index (χ3n) is 3.85. The van der Waals surface area contributed by atoms with E-state index in [9.17, 15) is 13.2 Å². The van der Waals surface area contributed by atoms with Gasteiger partial charge in [0.15, 0.2) is 0 Å². The zero-order valence-electron chi connectivity index (χ0n) is 12.4. The van der Waals surface area contributed by atoms with Gasteiger partial charge >= 0.3 is 0 Å². The molecule has 0 bridgehead atoms. The van der Waals surface area contributed by atoms with Crippen molar-refractivity contribution in [3.8, 4) is 0 Å². The minimum Gasteiger partial charge on any atom is -0.333 e. The lowest BCUT2D eigenvalue weighted by Crippen LogP contribution is -2.44. The number of aryl methyl sites for hydroxylation is 1. The summed E-state index contributed by atoms with van der Waals surface area (Å²) in [5.41, 5.74) is 0.987. The van der Waals surface area contributed by atoms with Crippen LogP contribution in [0.3, 0.4) is 0 Å². The van der Waals surface area contributed by atoms with Crippen molar-refractivity contribution in [1.82, 2.24) is 19.4 Å². The number of hydrogen-bond donors (Lipinski definition) is 1. The van der Waals surface area contributed by atoms with Crippen molar-refractivity contribution < 1.29 is 13.2 Å². The minimum absolute atomic E-state index is 0.0224. The summed E-state index contributed by atoms with van der Waals surface area (Å²) in [7, 11) is -1.49. The molecule has 1 aliphatic rings. The van der Waals surface area contributed by atoms with Gasteiger partial charge in [0, 0.05) is 19.8 Å². The first-order valence-corrected chi connectivity index (χ1v) is 8.84. The SMILES string of the molecule is CCS(=O)(=O)NCC(=O)N1CCCCC1c1ccnn1C. The molecule has 118 valence electrons. The topological polar surface area (TPSA) is 84.3 Å². The fourth-order valence-corrected chi connectivity index (χ4v) is 3.17. The number of hydrogen-bond acceptors (Lipinski definition) is 4. The van der Waals surface area contributed by atoms with Crippen LogP contribution in [0.15, 0.2) is 12.3 Å². The Kier molecular flexibility index (Phi) is 5.00. The van der Waals surface area contributed by atoms with Gasteiger partial charge in [-0.1, -0.05) is 0 Å². The highest BCUT2D eigenvalue weighted by atomic mass is 32.2. The van der Waals surface area contributed by atoms with Gasteiger partial charge in [0.2, 0.25) is 15.9 Å². The molecule has 1 amide bonds. The van der Waals surface area contributed by atoms with Crippen molar-refractivity contribution >= 4 is 15.9 Å². The second kappa shape index (κ2) is 6.57. The number of likely N-dealkylation sites (tertiary alicyclic amines) is 1. The quantitative estimate of drug-likeness (QED) is 0.853. The molecule has 2 heterocycles. The lowest BCUT2D eigenvalue weighted by molar-refractivity contribution is -0.133. The number of sulfonamides is 1. The van der Waals surface area contributed by atoms with E-state index in [1.54, 1.807) is 22.7 Å². The fraction of sp³-hybridized carbons (Fsp3) is 0.692. The van der Waals surface area contributed by atoms with Crippen molar-refractivity contribution in [2.75, 3.05) is 18.8 Å². The lowest BCUT2D eigenvalue weighted by Gasteiger charge is -2.35. The number of piperidine rings is 1. The Hall–Kier alpha value is -1.41. The van der Waals surface area contributed by atoms with Gasteiger partial charge in [0.25, 0.3) is 0 Å². The molecule has 0 spiro atoms. The monoisotopic (exact) mass is 314 g/mol. The zero-order valence-corrected chi connectivity index (χ0v) is 13.3. The van der Waals surface area contributed by atoms with Gasteiger partial charge in [-0.3, -0.25) is 9.48 Å². The zero-order chi connectivity index (χ0) is 15.5. The summed E-state index contributed by atoms with van der Waals surface area (Å²) in [5.74, 6) is -0.205. The Morgan fingerprint density at radius 1 is 1.48 bits per heavy atom. The highest BCUT2D eigenvalue weighted by Crippen LogP contribution is 2.30. The first-order valence-electron chi connectivity index (χ1n) is 7.19. The molecule has 1 aromatic heterocycles. The van der Waals surface area contributed by atoms with E-state index in [4.69, 9.17) is 0 Å². The van der Waals surface area contributed by atoms with Gasteiger partial charge in [0.05, 0.1) is 24.0 Å². The summed E-state index contributed by atoms with van der Waals surface area (Å²) in [4.78, 5) is 14.1. The molecule has 21 heavy (non-hydrogen) atoms. The maximum absolute atomic E-state index is 12.3. The fourth-order valence-electron chi connectivity index (χ4n) is 2.62. The number of aromatic nitrogens is 2. The van der Waals surface area contributed by atoms with Gasteiger partial charge in [-0.05, 0) is 32.3 Å². The molecule has 0 aliphatic carbocycles. The Morgan fingerprint density at radius 2 is 2.24 bits per heavy atom. The van der Waals surface area contributed by atoms with E-state index in [0.717, 1.165) is 25.0 Å². The van der Waals surface area contributed by atoms with Crippen molar-refractivity contribution in [3.63, 3.8) is 0 Å². The molecular weight excluding hydrogens is 292 g/mol. The van der Waals surface area contributed by atoms with E-state index in [1.807, 2.05) is 13.1 Å². The first-order chi connectivity index (χ1) is 9.94. The molecule has 0 radical (unpaired) electrons. The molecule has 2 rings (SSSR count). The number of nitrogens with zero attached hydrogens (tertiary/aromatic N) is 3. The van der Waals surface area contributed by atoms with Crippen LogP contribution in [0.2, 0.25) is 0 Å². The van der Waals surface area contributed by atoms with Gasteiger partial charge < -0.3 is 4.90 Å². The minimum atomic E-state index is -3.35. The molecule has 8 heteroatoms. The van der Waals surface area contributed by atoms with Crippen LogP contribution in [-0.2, 0) is 21.9 Å². The maximum Gasteiger partial charge on any atom is 0.238 e. The van der Waals surface area contributed by atoms with E-state index < -0.39 is 10.0 Å². The smallest absolute Gasteiger partial charge is 0.238 e. The summed E-state index contributed by atoms with van der Waals surface area (Å²) in [5, 5.41) is 4.15. The van der Waals surface area contributed by atoms with Crippen LogP contribution in [0.1, 0.15) is 37.9 Å². The third-order valence-corrected chi connectivity index (χ3v) is 5.19. The Balaban J connectivity index is 2.08. The molecule has 7 nitrogen and oxygen atoms in total. The van der Waals surface area contributed by atoms with E-state index in [2.05, 4.69) is 9.82 Å². The molecule has 1 saturated heterocycles. The van der Waals surface area contributed by atoms with E-state index in [0.29, 0.717) is 6.54 Å². The van der Waals surface area contributed by atoms with Crippen LogP contribution in [0, 0.1) is 0 Å². The van der Waals surface area contributed by atoms with Crippen LogP contribution in [0.4, 0.5) is 0 Å².